The lowest BCUT2D eigenvalue weighted by Crippen LogP contribution is -1.95. The standard InChI is InChI=1S/C33H21N3/c1-2-8-23(9-3-1)35-30-12-6-5-11-26(30)29-20-22-14-15-27-25-10-4-7-13-31(25)36(24-16-18-34-19-17-24)33(27)28(22)21-32(29)35/h1-21H. The topological polar surface area (TPSA) is 22.8 Å². The van der Waals surface area contributed by atoms with Crippen molar-refractivity contribution in [2.24, 2.45) is 0 Å². The molecule has 0 fully saturated rings. The Bertz CT molecular complexity index is 2070. The smallest absolute Gasteiger partial charge is 0.0620 e. The van der Waals surface area contributed by atoms with Crippen LogP contribution < -0.4 is 0 Å². The maximum Gasteiger partial charge on any atom is 0.0620 e. The van der Waals surface area contributed by atoms with Gasteiger partial charge in [-0.2, -0.15) is 0 Å². The highest BCUT2D eigenvalue weighted by Crippen LogP contribution is 2.40. The fourth-order valence-electron chi connectivity index (χ4n) is 5.86. The molecule has 3 heteroatoms. The van der Waals surface area contributed by atoms with Gasteiger partial charge in [0.2, 0.25) is 0 Å². The summed E-state index contributed by atoms with van der Waals surface area (Å²) in [6.45, 7) is 0. The van der Waals surface area contributed by atoms with Crippen LogP contribution in [0, 0.1) is 0 Å². The molecule has 0 saturated carbocycles. The number of benzene rings is 5. The van der Waals surface area contributed by atoms with Crippen LogP contribution in [-0.2, 0) is 0 Å². The zero-order valence-corrected chi connectivity index (χ0v) is 19.5. The first-order chi connectivity index (χ1) is 17.9. The quantitative estimate of drug-likeness (QED) is 0.254. The molecule has 0 unspecified atom stereocenters. The second kappa shape index (κ2) is 7.30. The van der Waals surface area contributed by atoms with E-state index >= 15 is 0 Å². The number of nitrogens with zero attached hydrogens (tertiary/aromatic N) is 3. The van der Waals surface area contributed by atoms with Crippen LogP contribution in [0.3, 0.4) is 0 Å². The fourth-order valence-corrected chi connectivity index (χ4v) is 5.86. The monoisotopic (exact) mass is 459 g/mol. The third-order valence-electron chi connectivity index (χ3n) is 7.38. The van der Waals surface area contributed by atoms with Crippen molar-refractivity contribution in [3.8, 4) is 11.4 Å². The summed E-state index contributed by atoms with van der Waals surface area (Å²) < 4.78 is 4.78. The van der Waals surface area contributed by atoms with Crippen LogP contribution in [0.2, 0.25) is 0 Å². The van der Waals surface area contributed by atoms with Gasteiger partial charge in [-0.1, -0.05) is 66.7 Å². The Hall–Kier alpha value is -4.89. The van der Waals surface area contributed by atoms with Crippen molar-refractivity contribution in [2.75, 3.05) is 0 Å². The lowest BCUT2D eigenvalue weighted by atomic mass is 10.0. The highest BCUT2D eigenvalue weighted by Gasteiger charge is 2.18. The second-order valence-corrected chi connectivity index (χ2v) is 9.30. The van der Waals surface area contributed by atoms with E-state index in [1.54, 1.807) is 0 Å². The Balaban J connectivity index is 1.61. The van der Waals surface area contributed by atoms with E-state index in [0.717, 1.165) is 5.69 Å². The van der Waals surface area contributed by atoms with Gasteiger partial charge in [-0.05, 0) is 53.9 Å². The van der Waals surface area contributed by atoms with E-state index in [0.29, 0.717) is 0 Å². The predicted octanol–water partition coefficient (Wildman–Crippen LogP) is 8.43. The van der Waals surface area contributed by atoms with Gasteiger partial charge >= 0.3 is 0 Å². The third kappa shape index (κ3) is 2.60. The highest BCUT2D eigenvalue weighted by atomic mass is 15.0. The number of hydrogen-bond acceptors (Lipinski definition) is 1. The summed E-state index contributed by atoms with van der Waals surface area (Å²) in [4.78, 5) is 4.27. The van der Waals surface area contributed by atoms with Gasteiger partial charge in [-0.15, -0.1) is 0 Å². The predicted molar refractivity (Wildman–Crippen MR) is 150 cm³/mol. The van der Waals surface area contributed by atoms with Crippen LogP contribution in [0.25, 0.3) is 65.8 Å². The van der Waals surface area contributed by atoms with Gasteiger partial charge in [-0.3, -0.25) is 4.98 Å². The van der Waals surface area contributed by atoms with Crippen LogP contribution in [0.15, 0.2) is 128 Å². The lowest BCUT2D eigenvalue weighted by molar-refractivity contribution is 1.16. The minimum atomic E-state index is 1.12. The molecule has 0 radical (unpaired) electrons. The average Bonchev–Trinajstić information content (AvgIpc) is 3.46. The number of fused-ring (bicyclic) bond motifs is 8. The molecule has 3 aromatic heterocycles. The van der Waals surface area contributed by atoms with Gasteiger partial charge in [-0.25, -0.2) is 0 Å². The van der Waals surface area contributed by atoms with Gasteiger partial charge in [0.05, 0.1) is 22.1 Å². The van der Waals surface area contributed by atoms with E-state index in [2.05, 4.69) is 129 Å². The maximum atomic E-state index is 4.27. The van der Waals surface area contributed by atoms with E-state index in [9.17, 15) is 0 Å². The largest absolute Gasteiger partial charge is 0.309 e. The van der Waals surface area contributed by atoms with Gasteiger partial charge in [0.25, 0.3) is 0 Å². The van der Waals surface area contributed by atoms with Gasteiger partial charge in [0.1, 0.15) is 0 Å². The SMILES string of the molecule is c1ccc(-n2c3ccccc3c3cc4ccc5c6ccccc6n(-c6ccncc6)c5c4cc32)cc1. The molecule has 0 spiro atoms. The zero-order valence-electron chi connectivity index (χ0n) is 19.5. The van der Waals surface area contributed by atoms with E-state index in [4.69, 9.17) is 0 Å². The molecular weight excluding hydrogens is 438 g/mol. The first-order valence-corrected chi connectivity index (χ1v) is 12.2. The Morgan fingerprint density at radius 2 is 1.06 bits per heavy atom. The molecule has 36 heavy (non-hydrogen) atoms. The summed E-state index contributed by atoms with van der Waals surface area (Å²) in [6.07, 6.45) is 3.74. The molecule has 3 heterocycles. The van der Waals surface area contributed by atoms with E-state index < -0.39 is 0 Å². The van der Waals surface area contributed by atoms with E-state index in [1.165, 1.54) is 60.1 Å². The summed E-state index contributed by atoms with van der Waals surface area (Å²) in [5, 5.41) is 7.55. The molecule has 5 aromatic carbocycles. The Morgan fingerprint density at radius 3 is 1.83 bits per heavy atom. The average molecular weight is 460 g/mol. The summed E-state index contributed by atoms with van der Waals surface area (Å²) in [7, 11) is 0. The Kier molecular flexibility index (Phi) is 3.94. The number of hydrogen-bond donors (Lipinski definition) is 0. The maximum absolute atomic E-state index is 4.27. The normalized spacial score (nSPS) is 11.9. The van der Waals surface area contributed by atoms with Crippen LogP contribution >= 0.6 is 0 Å². The minimum absolute atomic E-state index is 1.12. The molecule has 0 amide bonds. The number of rotatable bonds is 2. The van der Waals surface area contributed by atoms with Crippen LogP contribution in [0.1, 0.15) is 0 Å². The molecular formula is C33H21N3. The second-order valence-electron chi connectivity index (χ2n) is 9.30. The van der Waals surface area contributed by atoms with Crippen molar-refractivity contribution in [1.29, 1.82) is 0 Å². The number of pyridine rings is 1. The molecule has 0 N–H and O–H groups in total. The first kappa shape index (κ1) is 19.4. The summed E-state index contributed by atoms with van der Waals surface area (Å²) in [6, 6.07) is 41.5. The molecule has 8 aromatic rings. The fraction of sp³-hybridized carbons (Fsp3) is 0. The van der Waals surface area contributed by atoms with Crippen LogP contribution in [-0.4, -0.2) is 14.1 Å². The minimum Gasteiger partial charge on any atom is -0.309 e. The lowest BCUT2D eigenvalue weighted by Gasteiger charge is -2.11. The van der Waals surface area contributed by atoms with Crippen molar-refractivity contribution in [3.05, 3.63) is 128 Å². The van der Waals surface area contributed by atoms with Crippen molar-refractivity contribution in [3.63, 3.8) is 0 Å². The third-order valence-corrected chi connectivity index (χ3v) is 7.38. The molecule has 0 aliphatic carbocycles. The van der Waals surface area contributed by atoms with Crippen LogP contribution in [0.5, 0.6) is 0 Å². The van der Waals surface area contributed by atoms with Crippen LogP contribution in [0.4, 0.5) is 0 Å². The molecule has 0 atom stereocenters. The number of para-hydroxylation sites is 3. The molecule has 0 saturated heterocycles. The molecule has 0 aliphatic heterocycles. The highest BCUT2D eigenvalue weighted by molar-refractivity contribution is 6.22. The van der Waals surface area contributed by atoms with Crippen molar-refractivity contribution >= 4 is 54.4 Å². The van der Waals surface area contributed by atoms with Crippen molar-refractivity contribution < 1.29 is 0 Å². The number of aromatic nitrogens is 3. The summed E-state index contributed by atoms with van der Waals surface area (Å²) in [5.41, 5.74) is 7.16. The van der Waals surface area contributed by atoms with Crippen molar-refractivity contribution in [1.82, 2.24) is 14.1 Å². The summed E-state index contributed by atoms with van der Waals surface area (Å²) in [5.74, 6) is 0. The van der Waals surface area contributed by atoms with Crippen molar-refractivity contribution in [2.45, 2.75) is 0 Å². The molecule has 3 nitrogen and oxygen atoms in total. The van der Waals surface area contributed by atoms with Gasteiger partial charge < -0.3 is 9.13 Å². The molecule has 8 rings (SSSR count). The molecule has 0 aliphatic rings. The zero-order chi connectivity index (χ0) is 23.6. The summed E-state index contributed by atoms with van der Waals surface area (Å²) >= 11 is 0. The van der Waals surface area contributed by atoms with E-state index in [1.807, 2.05) is 12.4 Å². The molecule has 168 valence electrons. The van der Waals surface area contributed by atoms with Gasteiger partial charge in [0.15, 0.2) is 0 Å². The van der Waals surface area contributed by atoms with Gasteiger partial charge in [0, 0.05) is 50.7 Å². The first-order valence-electron chi connectivity index (χ1n) is 12.2. The Labute approximate surface area is 207 Å². The molecule has 0 bridgehead atoms. The van der Waals surface area contributed by atoms with E-state index in [-0.39, 0.29) is 0 Å². The Morgan fingerprint density at radius 1 is 0.417 bits per heavy atom.